The number of amides is 1. The molecule has 3 rings (SSSR count). The number of aryl methyl sites for hydroxylation is 1. The van der Waals surface area contributed by atoms with Crippen molar-refractivity contribution in [2.24, 2.45) is 5.10 Å². The van der Waals surface area contributed by atoms with E-state index in [1.54, 1.807) is 31.4 Å². The maximum atomic E-state index is 12.0. The molecule has 0 spiro atoms. The second-order valence-electron chi connectivity index (χ2n) is 5.02. The number of nitrogens with one attached hydrogen (secondary N) is 1. The van der Waals surface area contributed by atoms with Gasteiger partial charge in [0.25, 0.3) is 5.91 Å². The van der Waals surface area contributed by atoms with Gasteiger partial charge in [-0.1, -0.05) is 17.7 Å². The lowest BCUT2D eigenvalue weighted by Gasteiger charge is -2.05. The summed E-state index contributed by atoms with van der Waals surface area (Å²) in [7, 11) is 1.55. The molecule has 1 aliphatic rings. The standard InChI is InChI=1S/C17H16N2O4/c1-11-3-5-13(6-4-11)17(20)19-18-9-12-7-14(21-2)16-15(8-12)22-10-23-16/h3-9H,10H2,1-2H3,(H,19,20)/b18-9-. The molecule has 0 fully saturated rings. The van der Waals surface area contributed by atoms with Crippen LogP contribution in [-0.2, 0) is 0 Å². The quantitative estimate of drug-likeness (QED) is 0.695. The van der Waals surface area contributed by atoms with Crippen molar-refractivity contribution in [1.29, 1.82) is 0 Å². The molecule has 0 unspecified atom stereocenters. The number of carbonyl (C=O) groups excluding carboxylic acids is 1. The number of ether oxygens (including phenoxy) is 3. The van der Waals surface area contributed by atoms with Gasteiger partial charge in [0.15, 0.2) is 11.5 Å². The normalized spacial score (nSPS) is 12.4. The Bertz CT molecular complexity index is 754. The summed E-state index contributed by atoms with van der Waals surface area (Å²) in [5.74, 6) is 1.46. The van der Waals surface area contributed by atoms with E-state index in [2.05, 4.69) is 10.5 Å². The van der Waals surface area contributed by atoms with Crippen molar-refractivity contribution in [3.05, 3.63) is 53.1 Å². The minimum Gasteiger partial charge on any atom is -0.493 e. The third kappa shape index (κ3) is 3.26. The summed E-state index contributed by atoms with van der Waals surface area (Å²) >= 11 is 0. The maximum Gasteiger partial charge on any atom is 0.271 e. The van der Waals surface area contributed by atoms with Crippen molar-refractivity contribution in [2.75, 3.05) is 13.9 Å². The highest BCUT2D eigenvalue weighted by Gasteiger charge is 2.19. The van der Waals surface area contributed by atoms with Crippen LogP contribution in [0.1, 0.15) is 21.5 Å². The van der Waals surface area contributed by atoms with Gasteiger partial charge in [-0.25, -0.2) is 5.43 Å². The van der Waals surface area contributed by atoms with Crippen LogP contribution in [0, 0.1) is 6.92 Å². The van der Waals surface area contributed by atoms with Gasteiger partial charge in [0.1, 0.15) is 0 Å². The summed E-state index contributed by atoms with van der Waals surface area (Å²) in [5.41, 5.74) is 4.87. The Morgan fingerprint density at radius 2 is 2.04 bits per heavy atom. The number of hydrazone groups is 1. The second kappa shape index (κ2) is 6.39. The van der Waals surface area contributed by atoms with E-state index in [-0.39, 0.29) is 12.7 Å². The molecule has 118 valence electrons. The van der Waals surface area contributed by atoms with Gasteiger partial charge in [-0.2, -0.15) is 5.10 Å². The third-order valence-corrected chi connectivity index (χ3v) is 3.37. The molecule has 1 heterocycles. The van der Waals surface area contributed by atoms with Gasteiger partial charge < -0.3 is 14.2 Å². The van der Waals surface area contributed by atoms with E-state index < -0.39 is 0 Å². The van der Waals surface area contributed by atoms with E-state index in [1.807, 2.05) is 19.1 Å². The lowest BCUT2D eigenvalue weighted by molar-refractivity contribution is 0.0955. The van der Waals surface area contributed by atoms with Gasteiger partial charge in [-0.15, -0.1) is 0 Å². The maximum absolute atomic E-state index is 12.0. The van der Waals surface area contributed by atoms with Gasteiger partial charge in [0, 0.05) is 11.1 Å². The fourth-order valence-electron chi connectivity index (χ4n) is 2.16. The van der Waals surface area contributed by atoms with Gasteiger partial charge in [-0.3, -0.25) is 4.79 Å². The largest absolute Gasteiger partial charge is 0.493 e. The first-order chi connectivity index (χ1) is 11.2. The van der Waals surface area contributed by atoms with E-state index in [9.17, 15) is 4.79 Å². The molecule has 2 aromatic carbocycles. The smallest absolute Gasteiger partial charge is 0.271 e. The van der Waals surface area contributed by atoms with Crippen LogP contribution < -0.4 is 19.6 Å². The molecule has 0 saturated heterocycles. The van der Waals surface area contributed by atoms with Gasteiger partial charge in [0.05, 0.1) is 13.3 Å². The zero-order chi connectivity index (χ0) is 16.2. The van der Waals surface area contributed by atoms with Crippen LogP contribution in [-0.4, -0.2) is 26.0 Å². The Morgan fingerprint density at radius 3 is 2.78 bits per heavy atom. The predicted molar refractivity (Wildman–Crippen MR) is 85.4 cm³/mol. The average molecular weight is 312 g/mol. The number of rotatable bonds is 4. The van der Waals surface area contributed by atoms with Crippen molar-refractivity contribution in [3.8, 4) is 17.2 Å². The Hall–Kier alpha value is -3.02. The zero-order valence-corrected chi connectivity index (χ0v) is 12.8. The Labute approximate surface area is 133 Å². The highest BCUT2D eigenvalue weighted by molar-refractivity contribution is 5.95. The molecule has 6 nitrogen and oxygen atoms in total. The Kier molecular flexibility index (Phi) is 4.14. The lowest BCUT2D eigenvalue weighted by atomic mass is 10.1. The summed E-state index contributed by atoms with van der Waals surface area (Å²) < 4.78 is 15.9. The first-order valence-corrected chi connectivity index (χ1v) is 7.05. The fraction of sp³-hybridized carbons (Fsp3) is 0.176. The lowest BCUT2D eigenvalue weighted by Crippen LogP contribution is -2.17. The molecule has 1 aliphatic heterocycles. The van der Waals surface area contributed by atoms with E-state index in [4.69, 9.17) is 14.2 Å². The number of benzene rings is 2. The number of methoxy groups -OCH3 is 1. The molecule has 0 saturated carbocycles. The molecule has 6 heteroatoms. The summed E-state index contributed by atoms with van der Waals surface area (Å²) in [5, 5.41) is 3.96. The molecular formula is C17H16N2O4. The summed E-state index contributed by atoms with van der Waals surface area (Å²) in [6, 6.07) is 10.8. The summed E-state index contributed by atoms with van der Waals surface area (Å²) in [6.07, 6.45) is 1.52. The molecular weight excluding hydrogens is 296 g/mol. The van der Waals surface area contributed by atoms with Crippen molar-refractivity contribution >= 4 is 12.1 Å². The Balaban J connectivity index is 1.71. The van der Waals surface area contributed by atoms with Crippen molar-refractivity contribution in [2.45, 2.75) is 6.92 Å². The molecule has 23 heavy (non-hydrogen) atoms. The van der Waals surface area contributed by atoms with Gasteiger partial charge in [0.2, 0.25) is 12.5 Å². The van der Waals surface area contributed by atoms with Crippen LogP contribution in [0.15, 0.2) is 41.5 Å². The topological polar surface area (TPSA) is 69.2 Å². The van der Waals surface area contributed by atoms with Crippen LogP contribution in [0.3, 0.4) is 0 Å². The van der Waals surface area contributed by atoms with Crippen molar-refractivity contribution < 1.29 is 19.0 Å². The third-order valence-electron chi connectivity index (χ3n) is 3.37. The van der Waals surface area contributed by atoms with Crippen LogP contribution in [0.5, 0.6) is 17.2 Å². The molecule has 0 aliphatic carbocycles. The number of hydrogen-bond acceptors (Lipinski definition) is 5. The molecule has 0 aromatic heterocycles. The van der Waals surface area contributed by atoms with Gasteiger partial charge >= 0.3 is 0 Å². The average Bonchev–Trinajstić information content (AvgIpc) is 3.03. The summed E-state index contributed by atoms with van der Waals surface area (Å²) in [4.78, 5) is 12.0. The van der Waals surface area contributed by atoms with Crippen molar-refractivity contribution in [3.63, 3.8) is 0 Å². The highest BCUT2D eigenvalue weighted by atomic mass is 16.7. The number of fused-ring (bicyclic) bond motifs is 1. The molecule has 0 atom stereocenters. The SMILES string of the molecule is COc1cc(/C=N\NC(=O)c2ccc(C)cc2)cc2c1OCO2. The monoisotopic (exact) mass is 312 g/mol. The molecule has 0 radical (unpaired) electrons. The number of nitrogens with zero attached hydrogens (tertiary/aromatic N) is 1. The van der Waals surface area contributed by atoms with Gasteiger partial charge in [-0.05, 0) is 31.2 Å². The summed E-state index contributed by atoms with van der Waals surface area (Å²) in [6.45, 7) is 2.13. The molecule has 0 bridgehead atoms. The molecule has 1 N–H and O–H groups in total. The number of hydrogen-bond donors (Lipinski definition) is 1. The van der Waals surface area contributed by atoms with Crippen LogP contribution >= 0.6 is 0 Å². The zero-order valence-electron chi connectivity index (χ0n) is 12.8. The van der Waals surface area contributed by atoms with Crippen LogP contribution in [0.25, 0.3) is 0 Å². The highest BCUT2D eigenvalue weighted by Crippen LogP contribution is 2.41. The minimum atomic E-state index is -0.269. The first kappa shape index (κ1) is 14.9. The fourth-order valence-corrected chi connectivity index (χ4v) is 2.16. The first-order valence-electron chi connectivity index (χ1n) is 7.05. The van der Waals surface area contributed by atoms with Crippen molar-refractivity contribution in [1.82, 2.24) is 5.43 Å². The van der Waals surface area contributed by atoms with E-state index >= 15 is 0 Å². The van der Waals surface area contributed by atoms with E-state index in [0.717, 1.165) is 11.1 Å². The number of carbonyl (C=O) groups is 1. The Morgan fingerprint density at radius 1 is 1.26 bits per heavy atom. The molecule has 2 aromatic rings. The van der Waals surface area contributed by atoms with E-state index in [0.29, 0.717) is 22.8 Å². The van der Waals surface area contributed by atoms with E-state index in [1.165, 1.54) is 6.21 Å². The molecule has 1 amide bonds. The minimum absolute atomic E-state index is 0.163. The van der Waals surface area contributed by atoms with Crippen LogP contribution in [0.2, 0.25) is 0 Å². The second-order valence-corrected chi connectivity index (χ2v) is 5.02. The van der Waals surface area contributed by atoms with Crippen LogP contribution in [0.4, 0.5) is 0 Å². The predicted octanol–water partition coefficient (Wildman–Crippen LogP) is 2.50.